The number of carboxylic acids is 1. The fourth-order valence-corrected chi connectivity index (χ4v) is 13.6. The van der Waals surface area contributed by atoms with E-state index in [4.69, 9.17) is 0 Å². The van der Waals surface area contributed by atoms with Gasteiger partial charge in [0.05, 0.1) is 0 Å². The maximum atomic E-state index is 15.4. The van der Waals surface area contributed by atoms with E-state index >= 15 is 9.59 Å². The van der Waals surface area contributed by atoms with Crippen molar-refractivity contribution in [1.29, 1.82) is 0 Å². The van der Waals surface area contributed by atoms with Crippen LogP contribution in [0.1, 0.15) is 121 Å². The molecule has 3 aromatic rings. The van der Waals surface area contributed by atoms with Crippen LogP contribution < -0.4 is 31.9 Å². The van der Waals surface area contributed by atoms with E-state index in [9.17, 15) is 48.3 Å². The fraction of sp³-hybridized carbons (Fsp3) is 0.537. The maximum absolute atomic E-state index is 15.4. The minimum atomic E-state index is -1.35. The average molecular weight is 1240 g/mol. The van der Waals surface area contributed by atoms with Gasteiger partial charge in [-0.2, -0.15) is 0 Å². The Balaban J connectivity index is 1.02. The molecule has 482 valence electrons. The number of benzene rings is 3. The van der Waals surface area contributed by atoms with Crippen molar-refractivity contribution < 1.29 is 57.8 Å². The molecule has 9 rings (SSSR count). The van der Waals surface area contributed by atoms with Gasteiger partial charge in [-0.1, -0.05) is 119 Å². The van der Waals surface area contributed by atoms with E-state index in [1.165, 1.54) is 20.9 Å². The molecule has 0 saturated carbocycles. The molecule has 6 aliphatic rings. The molecule has 6 heterocycles. The van der Waals surface area contributed by atoms with E-state index in [1.807, 2.05) is 27.7 Å². The van der Waals surface area contributed by atoms with Gasteiger partial charge in [0.15, 0.2) is 0 Å². The number of carboxylic acid groups (broad SMARTS) is 1. The second-order valence-electron chi connectivity index (χ2n) is 25.6. The minimum Gasteiger partial charge on any atom is -0.480 e. The highest BCUT2D eigenvalue weighted by Crippen LogP contribution is 2.32. The molecule has 5 saturated heterocycles. The van der Waals surface area contributed by atoms with Crippen LogP contribution >= 0.6 is 0 Å². The standard InChI is InChI=1S/C67H87N11O12/c1-41(2)35-46-57(79)73-51(40-68-49(36-42(3)4)62(84)76-32-16-27-54(76)65(87)78-34-18-29-56(78)66(88)77-33-17-28-55(77)64(86)75-31-15-26-53(75)61(83)70-46)63(85)74-30-14-25-52(74)60(82)71-48(38-44-21-10-6-11-22-44)58(80)69-47(37-43-19-8-5-9-20-43)59(81)72-50(67(89)90)39-45-23-12-7-13-24-45/h5-13,19-24,40-42,46-50,52-56,68H,14-18,25-39H2,1-4H3,(H,69,80)(H,70,83)(H,71,82)(H,72,81)(H,73,79)(H,89,90)/b51-40+/t46-,47-,48-,49-,50-,52-,53-,54-,55+,56-/m0/s1. The summed E-state index contributed by atoms with van der Waals surface area (Å²) in [6, 6.07) is 15.4. The van der Waals surface area contributed by atoms with Gasteiger partial charge in [0.1, 0.15) is 66.1 Å². The van der Waals surface area contributed by atoms with Gasteiger partial charge in [0, 0.05) is 58.2 Å². The first kappa shape index (κ1) is 65.8. The van der Waals surface area contributed by atoms with Gasteiger partial charge in [0.25, 0.3) is 5.91 Å². The molecule has 23 heteroatoms. The van der Waals surface area contributed by atoms with Gasteiger partial charge in [0.2, 0.25) is 53.2 Å². The topological polar surface area (TPSA) is 296 Å². The third kappa shape index (κ3) is 16.0. The summed E-state index contributed by atoms with van der Waals surface area (Å²) < 4.78 is 0. The number of carbonyl (C=O) groups is 11. The predicted octanol–water partition coefficient (Wildman–Crippen LogP) is 2.71. The number of carbonyl (C=O) groups excluding carboxylic acids is 10. The van der Waals surface area contributed by atoms with Crippen LogP contribution in [0, 0.1) is 11.8 Å². The first-order valence-corrected chi connectivity index (χ1v) is 32.1. The first-order chi connectivity index (χ1) is 43.3. The predicted molar refractivity (Wildman–Crippen MR) is 332 cm³/mol. The lowest BCUT2D eigenvalue weighted by Crippen LogP contribution is -2.59. The van der Waals surface area contributed by atoms with Gasteiger partial charge in [-0.15, -0.1) is 0 Å². The summed E-state index contributed by atoms with van der Waals surface area (Å²) in [5, 5.41) is 27.4. The summed E-state index contributed by atoms with van der Waals surface area (Å²) in [5.74, 6) is -7.51. The SMILES string of the molecule is CC(C)C[C@@H]1NC(=O)[C@@H]2CCCN2C(=O)[C@H]2CCCN2C(=O)[C@@H]2CCCN2C(=O)[C@@H]2CCCN2C(=O)[C@H](CC(C)C)N/C=C(\C(=O)N2CCC[C@H]2C(=O)N[C@@H](Cc2ccccc2)C(=O)N[C@@H](Cc2ccccc2)C(=O)N[C@@H](Cc2ccccc2)C(=O)O)NC1=O. The number of amides is 10. The summed E-state index contributed by atoms with van der Waals surface area (Å²) in [4.78, 5) is 168. The van der Waals surface area contributed by atoms with Crippen molar-refractivity contribution >= 4 is 65.0 Å². The van der Waals surface area contributed by atoms with Crippen molar-refractivity contribution in [1.82, 2.24) is 56.4 Å². The monoisotopic (exact) mass is 1240 g/mol. The van der Waals surface area contributed by atoms with Crippen LogP contribution in [0.2, 0.25) is 0 Å². The fourth-order valence-electron chi connectivity index (χ4n) is 13.6. The highest BCUT2D eigenvalue weighted by atomic mass is 16.4. The van der Waals surface area contributed by atoms with Crippen LogP contribution in [0.15, 0.2) is 103 Å². The molecule has 90 heavy (non-hydrogen) atoms. The minimum absolute atomic E-state index is 0.0226. The molecule has 10 atom stereocenters. The lowest BCUT2D eigenvalue weighted by Gasteiger charge is -2.36. The number of nitrogens with one attached hydrogen (secondary N) is 6. The Kier molecular flexibility index (Phi) is 22.1. The van der Waals surface area contributed by atoms with Gasteiger partial charge in [-0.05, 0) is 106 Å². The van der Waals surface area contributed by atoms with E-state index in [2.05, 4.69) is 31.9 Å². The molecular formula is C67H87N11O12. The van der Waals surface area contributed by atoms with E-state index in [1.54, 1.807) is 101 Å². The molecule has 0 unspecified atom stereocenters. The molecule has 10 amide bonds. The van der Waals surface area contributed by atoms with E-state index in [-0.39, 0.29) is 93.4 Å². The number of fused-ring (bicyclic) bond motifs is 4. The third-order valence-corrected chi connectivity index (χ3v) is 18.1. The molecule has 0 aromatic heterocycles. The molecule has 0 spiro atoms. The Morgan fingerprint density at radius 2 is 0.889 bits per heavy atom. The third-order valence-electron chi connectivity index (χ3n) is 18.1. The van der Waals surface area contributed by atoms with Crippen LogP contribution in [0.5, 0.6) is 0 Å². The Bertz CT molecular complexity index is 3150. The summed E-state index contributed by atoms with van der Waals surface area (Å²) >= 11 is 0. The van der Waals surface area contributed by atoms with Gasteiger partial charge < -0.3 is 61.5 Å². The van der Waals surface area contributed by atoms with Gasteiger partial charge >= 0.3 is 5.97 Å². The molecule has 23 nitrogen and oxygen atoms in total. The van der Waals surface area contributed by atoms with E-state index < -0.39 is 108 Å². The lowest BCUT2D eigenvalue weighted by molar-refractivity contribution is -0.152. The maximum Gasteiger partial charge on any atom is 0.326 e. The summed E-state index contributed by atoms with van der Waals surface area (Å²) in [7, 11) is 0. The van der Waals surface area contributed by atoms with Crippen LogP contribution in [0.3, 0.4) is 0 Å². The van der Waals surface area contributed by atoms with Crippen molar-refractivity contribution in [3.8, 4) is 0 Å². The normalized spacial score (nSPS) is 25.2. The molecule has 7 N–H and O–H groups in total. The second-order valence-corrected chi connectivity index (χ2v) is 25.6. The number of nitrogens with zero attached hydrogens (tertiary/aromatic N) is 5. The zero-order chi connectivity index (χ0) is 64.2. The summed E-state index contributed by atoms with van der Waals surface area (Å²) in [6.45, 7) is 8.68. The van der Waals surface area contributed by atoms with E-state index in [0.29, 0.717) is 87.6 Å². The van der Waals surface area contributed by atoms with Crippen molar-refractivity contribution in [3.05, 3.63) is 120 Å². The Labute approximate surface area is 525 Å². The molecule has 0 bridgehead atoms. The van der Waals surface area contributed by atoms with Crippen LogP contribution in [0.25, 0.3) is 0 Å². The first-order valence-electron chi connectivity index (χ1n) is 32.1. The molecule has 0 aliphatic carbocycles. The van der Waals surface area contributed by atoms with E-state index in [0.717, 1.165) is 0 Å². The Hall–Kier alpha value is -8.63. The quantitative estimate of drug-likeness (QED) is 0.0966. The van der Waals surface area contributed by atoms with Crippen LogP contribution in [-0.2, 0) is 72.0 Å². The highest BCUT2D eigenvalue weighted by molar-refractivity contribution is 6.03. The van der Waals surface area contributed by atoms with Crippen molar-refractivity contribution in [2.75, 3.05) is 32.7 Å². The van der Waals surface area contributed by atoms with Gasteiger partial charge in [-0.25, -0.2) is 4.79 Å². The lowest BCUT2D eigenvalue weighted by atomic mass is 10.0. The van der Waals surface area contributed by atoms with Gasteiger partial charge in [-0.3, -0.25) is 47.9 Å². The molecule has 5 fully saturated rings. The number of hydrogen-bond acceptors (Lipinski definition) is 12. The zero-order valence-corrected chi connectivity index (χ0v) is 52.0. The summed E-state index contributed by atoms with van der Waals surface area (Å²) in [6.07, 6.45) is 5.42. The van der Waals surface area contributed by atoms with Crippen molar-refractivity contribution in [2.45, 2.75) is 184 Å². The van der Waals surface area contributed by atoms with Crippen molar-refractivity contribution in [3.63, 3.8) is 0 Å². The molecule has 3 aromatic carbocycles. The summed E-state index contributed by atoms with van der Waals surface area (Å²) in [5.41, 5.74) is 1.61. The number of likely N-dealkylation sites (tertiary alicyclic amines) is 1. The van der Waals surface area contributed by atoms with Crippen LogP contribution in [0.4, 0.5) is 0 Å². The number of hydrogen-bond donors (Lipinski definition) is 7. The Morgan fingerprint density at radius 1 is 0.489 bits per heavy atom. The number of rotatable bonds is 18. The highest BCUT2D eigenvalue weighted by Gasteiger charge is 2.49. The smallest absolute Gasteiger partial charge is 0.326 e. The average Bonchev–Trinajstić information content (AvgIpc) is 1.69. The second kappa shape index (κ2) is 30.3. The van der Waals surface area contributed by atoms with Crippen LogP contribution in [-0.4, -0.2) is 188 Å². The zero-order valence-electron chi connectivity index (χ0n) is 52.0. The number of aliphatic carboxylic acids is 1. The molecule has 0 radical (unpaired) electrons. The molecule has 6 aliphatic heterocycles. The Morgan fingerprint density at radius 3 is 1.36 bits per heavy atom. The van der Waals surface area contributed by atoms with Crippen molar-refractivity contribution in [2.24, 2.45) is 11.8 Å². The largest absolute Gasteiger partial charge is 0.480 e. The molecular weight excluding hydrogens is 1150 g/mol.